The highest BCUT2D eigenvalue weighted by Crippen LogP contribution is 2.26. The van der Waals surface area contributed by atoms with E-state index >= 15 is 0 Å². The van der Waals surface area contributed by atoms with Crippen molar-refractivity contribution in [1.82, 2.24) is 4.90 Å². The quantitative estimate of drug-likeness (QED) is 0.832. The molecule has 28 heavy (non-hydrogen) atoms. The molecule has 1 heterocycles. The van der Waals surface area contributed by atoms with E-state index in [1.165, 1.54) is 12.1 Å². The predicted octanol–water partition coefficient (Wildman–Crippen LogP) is 4.16. The molecule has 3 amide bonds. The highest BCUT2D eigenvalue weighted by Gasteiger charge is 2.22. The van der Waals surface area contributed by atoms with Crippen molar-refractivity contribution in [1.29, 1.82) is 0 Å². The van der Waals surface area contributed by atoms with Gasteiger partial charge in [-0.25, -0.2) is 9.18 Å². The van der Waals surface area contributed by atoms with Crippen LogP contribution in [0.15, 0.2) is 42.5 Å². The van der Waals surface area contributed by atoms with Gasteiger partial charge in [0, 0.05) is 38.6 Å². The molecule has 148 valence electrons. The minimum Gasteiger partial charge on any atom is -0.377 e. The number of hydrogen-bond acceptors (Lipinski definition) is 3. The second kappa shape index (κ2) is 8.73. The van der Waals surface area contributed by atoms with Gasteiger partial charge in [-0.1, -0.05) is 12.1 Å². The average Bonchev–Trinajstić information content (AvgIpc) is 2.69. The summed E-state index contributed by atoms with van der Waals surface area (Å²) in [5, 5.41) is 5.15. The van der Waals surface area contributed by atoms with Crippen molar-refractivity contribution in [2.75, 3.05) is 42.7 Å². The molecule has 0 spiro atoms. The van der Waals surface area contributed by atoms with Gasteiger partial charge in [-0.2, -0.15) is 0 Å². The molecule has 0 unspecified atom stereocenters. The number of halogens is 1. The van der Waals surface area contributed by atoms with E-state index in [0.717, 1.165) is 38.0 Å². The summed E-state index contributed by atoms with van der Waals surface area (Å²) in [5.74, 6) is -0.553. The number of anilines is 3. The summed E-state index contributed by atoms with van der Waals surface area (Å²) < 4.78 is 13.7. The zero-order valence-electron chi connectivity index (χ0n) is 16.2. The Kier molecular flexibility index (Phi) is 6.13. The Morgan fingerprint density at radius 3 is 2.39 bits per heavy atom. The van der Waals surface area contributed by atoms with Crippen LogP contribution in [0, 0.1) is 5.82 Å². The van der Waals surface area contributed by atoms with Crippen LogP contribution in [0.2, 0.25) is 0 Å². The molecule has 1 aliphatic rings. The fourth-order valence-corrected chi connectivity index (χ4v) is 3.29. The van der Waals surface area contributed by atoms with Crippen LogP contribution in [0.4, 0.5) is 26.2 Å². The standard InChI is InChI=1S/C21H25FN4O2/c1-25(2)19-11-10-15(14-16(19)20(27)26-12-6-3-7-13-26)23-21(28)24-18-9-5-4-8-17(18)22/h4-5,8-11,14H,3,6-7,12-13H2,1-2H3,(H2,23,24,28). The van der Waals surface area contributed by atoms with Crippen molar-refractivity contribution in [2.24, 2.45) is 0 Å². The SMILES string of the molecule is CN(C)c1ccc(NC(=O)Nc2ccccc2F)cc1C(=O)N1CCCCC1. The molecule has 2 aromatic carbocycles. The summed E-state index contributed by atoms with van der Waals surface area (Å²) >= 11 is 0. The van der Waals surface area contributed by atoms with Crippen LogP contribution < -0.4 is 15.5 Å². The largest absolute Gasteiger partial charge is 0.377 e. The van der Waals surface area contributed by atoms with Crippen molar-refractivity contribution in [3.05, 3.63) is 53.8 Å². The topological polar surface area (TPSA) is 64.7 Å². The third-order valence-corrected chi connectivity index (χ3v) is 4.73. The molecule has 0 aromatic heterocycles. The Balaban J connectivity index is 1.79. The van der Waals surface area contributed by atoms with Crippen molar-refractivity contribution in [2.45, 2.75) is 19.3 Å². The smallest absolute Gasteiger partial charge is 0.323 e. The summed E-state index contributed by atoms with van der Waals surface area (Å²) in [6.45, 7) is 1.49. The van der Waals surface area contributed by atoms with Gasteiger partial charge in [-0.15, -0.1) is 0 Å². The van der Waals surface area contributed by atoms with Crippen molar-refractivity contribution in [3.8, 4) is 0 Å². The Hall–Kier alpha value is -3.09. The number of nitrogens with one attached hydrogen (secondary N) is 2. The summed E-state index contributed by atoms with van der Waals surface area (Å²) in [7, 11) is 3.75. The normalized spacial score (nSPS) is 13.8. The number of urea groups is 1. The molecule has 6 nitrogen and oxygen atoms in total. The number of piperidine rings is 1. The monoisotopic (exact) mass is 384 g/mol. The lowest BCUT2D eigenvalue weighted by Gasteiger charge is -2.28. The number of rotatable bonds is 4. The zero-order chi connectivity index (χ0) is 20.1. The Morgan fingerprint density at radius 2 is 1.71 bits per heavy atom. The van der Waals surface area contributed by atoms with E-state index in [0.29, 0.717) is 11.3 Å². The lowest BCUT2D eigenvalue weighted by atomic mass is 10.1. The molecule has 0 aliphatic carbocycles. The molecular weight excluding hydrogens is 359 g/mol. The van der Waals surface area contributed by atoms with Crippen LogP contribution in [0.25, 0.3) is 0 Å². The third-order valence-electron chi connectivity index (χ3n) is 4.73. The summed E-state index contributed by atoms with van der Waals surface area (Å²) in [5.41, 5.74) is 1.89. The second-order valence-corrected chi connectivity index (χ2v) is 7.04. The van der Waals surface area contributed by atoms with Crippen LogP contribution in [0.3, 0.4) is 0 Å². The van der Waals surface area contributed by atoms with Crippen LogP contribution in [0.5, 0.6) is 0 Å². The average molecular weight is 384 g/mol. The summed E-state index contributed by atoms with van der Waals surface area (Å²) in [4.78, 5) is 29.0. The molecule has 1 fully saturated rings. The number of carbonyl (C=O) groups excluding carboxylic acids is 2. The van der Waals surface area contributed by atoms with Crippen molar-refractivity contribution >= 4 is 29.0 Å². The van der Waals surface area contributed by atoms with Crippen LogP contribution >= 0.6 is 0 Å². The number of benzene rings is 2. The first-order valence-corrected chi connectivity index (χ1v) is 9.39. The highest BCUT2D eigenvalue weighted by atomic mass is 19.1. The molecule has 2 N–H and O–H groups in total. The van der Waals surface area contributed by atoms with E-state index in [1.54, 1.807) is 30.3 Å². The van der Waals surface area contributed by atoms with Gasteiger partial charge in [-0.3, -0.25) is 4.79 Å². The van der Waals surface area contributed by atoms with Gasteiger partial charge in [-0.05, 0) is 49.6 Å². The van der Waals surface area contributed by atoms with Gasteiger partial charge in [0.2, 0.25) is 0 Å². The maximum absolute atomic E-state index is 13.7. The fraction of sp³-hybridized carbons (Fsp3) is 0.333. The zero-order valence-corrected chi connectivity index (χ0v) is 16.2. The number of para-hydroxylation sites is 1. The lowest BCUT2D eigenvalue weighted by molar-refractivity contribution is 0.0725. The molecule has 0 saturated carbocycles. The minimum atomic E-state index is -0.570. The van der Waals surface area contributed by atoms with E-state index in [2.05, 4.69) is 10.6 Å². The molecule has 3 rings (SSSR count). The molecular formula is C21H25FN4O2. The molecule has 0 radical (unpaired) electrons. The predicted molar refractivity (Wildman–Crippen MR) is 110 cm³/mol. The van der Waals surface area contributed by atoms with Gasteiger partial charge in [0.15, 0.2) is 0 Å². The number of hydrogen-bond donors (Lipinski definition) is 2. The molecule has 0 bridgehead atoms. The van der Waals surface area contributed by atoms with E-state index in [-0.39, 0.29) is 11.6 Å². The van der Waals surface area contributed by atoms with Gasteiger partial charge < -0.3 is 20.4 Å². The molecule has 0 atom stereocenters. The van der Waals surface area contributed by atoms with Crippen LogP contribution in [0.1, 0.15) is 29.6 Å². The second-order valence-electron chi connectivity index (χ2n) is 7.04. The van der Waals surface area contributed by atoms with Gasteiger partial charge in [0.25, 0.3) is 5.91 Å². The van der Waals surface area contributed by atoms with Crippen LogP contribution in [-0.2, 0) is 0 Å². The number of amides is 3. The van der Waals surface area contributed by atoms with Crippen molar-refractivity contribution in [3.63, 3.8) is 0 Å². The van der Waals surface area contributed by atoms with Gasteiger partial charge in [0.1, 0.15) is 5.82 Å². The first-order chi connectivity index (χ1) is 13.5. The third kappa shape index (κ3) is 4.60. The minimum absolute atomic E-state index is 0.0402. The molecule has 1 aliphatic heterocycles. The highest BCUT2D eigenvalue weighted by molar-refractivity contribution is 6.04. The number of carbonyl (C=O) groups is 2. The Labute approximate surface area is 164 Å². The maximum atomic E-state index is 13.7. The molecule has 2 aromatic rings. The first-order valence-electron chi connectivity index (χ1n) is 9.39. The van der Waals surface area contributed by atoms with Crippen molar-refractivity contribution < 1.29 is 14.0 Å². The Morgan fingerprint density at radius 1 is 1.00 bits per heavy atom. The number of likely N-dealkylation sites (tertiary alicyclic amines) is 1. The van der Waals surface area contributed by atoms with Crippen LogP contribution in [-0.4, -0.2) is 44.0 Å². The van der Waals surface area contributed by atoms with E-state index < -0.39 is 11.8 Å². The Bertz CT molecular complexity index is 863. The van der Waals surface area contributed by atoms with E-state index in [4.69, 9.17) is 0 Å². The van der Waals surface area contributed by atoms with Gasteiger partial charge >= 0.3 is 6.03 Å². The summed E-state index contributed by atoms with van der Waals surface area (Å²) in [6.07, 6.45) is 3.15. The van der Waals surface area contributed by atoms with E-state index in [9.17, 15) is 14.0 Å². The van der Waals surface area contributed by atoms with E-state index in [1.807, 2.05) is 23.9 Å². The first kappa shape index (κ1) is 19.7. The maximum Gasteiger partial charge on any atom is 0.323 e. The van der Waals surface area contributed by atoms with Gasteiger partial charge in [0.05, 0.1) is 11.3 Å². The molecule has 7 heteroatoms. The lowest BCUT2D eigenvalue weighted by Crippen LogP contribution is -2.36. The fourth-order valence-electron chi connectivity index (χ4n) is 3.29. The molecule has 1 saturated heterocycles. The summed E-state index contributed by atoms with van der Waals surface area (Å²) in [6, 6.07) is 10.6. The number of nitrogens with zero attached hydrogens (tertiary/aromatic N) is 2.